The molecule has 0 unspecified atom stereocenters. The molecule has 1 N–H and O–H groups in total. The first kappa shape index (κ1) is 19.0. The summed E-state index contributed by atoms with van der Waals surface area (Å²) in [5.41, 5.74) is 3.09. The van der Waals surface area contributed by atoms with Gasteiger partial charge in [-0.25, -0.2) is 0 Å². The Morgan fingerprint density at radius 1 is 0.929 bits per heavy atom. The highest BCUT2D eigenvalue weighted by molar-refractivity contribution is 9.10. The number of hydrogen-bond donors (Lipinski definition) is 1. The van der Waals surface area contributed by atoms with Gasteiger partial charge >= 0.3 is 0 Å². The second-order valence-corrected chi connectivity index (χ2v) is 7.73. The van der Waals surface area contributed by atoms with Crippen LogP contribution in [0.25, 0.3) is 0 Å². The molecule has 3 aromatic rings. The summed E-state index contributed by atoms with van der Waals surface area (Å²) in [5.74, 6) is 2.39. The fourth-order valence-corrected chi connectivity index (χ4v) is 3.45. The summed E-state index contributed by atoms with van der Waals surface area (Å²) in [6.07, 6.45) is 0. The van der Waals surface area contributed by atoms with Crippen molar-refractivity contribution in [2.24, 2.45) is 0 Å². The van der Waals surface area contributed by atoms with Gasteiger partial charge in [0.1, 0.15) is 25.6 Å². The van der Waals surface area contributed by atoms with Crippen molar-refractivity contribution in [3.05, 3.63) is 81.3 Å². The Morgan fingerprint density at radius 3 is 2.54 bits per heavy atom. The molecular formula is C22H19BrClNO3. The monoisotopic (exact) mass is 459 g/mol. The molecule has 0 aromatic heterocycles. The van der Waals surface area contributed by atoms with E-state index in [1.54, 1.807) is 0 Å². The lowest BCUT2D eigenvalue weighted by Gasteiger charge is -2.19. The maximum atomic E-state index is 6.05. The van der Waals surface area contributed by atoms with E-state index in [0.29, 0.717) is 26.4 Å². The molecule has 6 heteroatoms. The van der Waals surface area contributed by atoms with Crippen molar-refractivity contribution in [3.8, 4) is 17.2 Å². The molecule has 4 rings (SSSR count). The molecule has 1 aliphatic rings. The van der Waals surface area contributed by atoms with Gasteiger partial charge < -0.3 is 19.5 Å². The fourth-order valence-electron chi connectivity index (χ4n) is 2.92. The molecule has 0 spiro atoms. The summed E-state index contributed by atoms with van der Waals surface area (Å²) >= 11 is 9.49. The average molecular weight is 461 g/mol. The van der Waals surface area contributed by atoms with Crippen molar-refractivity contribution < 1.29 is 14.2 Å². The third-order valence-electron chi connectivity index (χ3n) is 4.36. The highest BCUT2D eigenvalue weighted by Crippen LogP contribution is 2.33. The van der Waals surface area contributed by atoms with E-state index in [1.165, 1.54) is 0 Å². The Hall–Kier alpha value is -2.37. The molecule has 0 bridgehead atoms. The van der Waals surface area contributed by atoms with Crippen molar-refractivity contribution in [1.29, 1.82) is 0 Å². The Kier molecular flexibility index (Phi) is 5.93. The Bertz CT molecular complexity index is 962. The van der Waals surface area contributed by atoms with Gasteiger partial charge in [-0.15, -0.1) is 0 Å². The summed E-state index contributed by atoms with van der Waals surface area (Å²) in [5, 5.41) is 4.15. The summed E-state index contributed by atoms with van der Waals surface area (Å²) in [7, 11) is 0. The molecule has 0 radical (unpaired) electrons. The zero-order valence-corrected chi connectivity index (χ0v) is 17.4. The van der Waals surface area contributed by atoms with Crippen molar-refractivity contribution in [3.63, 3.8) is 0 Å². The van der Waals surface area contributed by atoms with Gasteiger partial charge in [0.05, 0.1) is 0 Å². The van der Waals surface area contributed by atoms with Gasteiger partial charge in [0.15, 0.2) is 11.5 Å². The predicted molar refractivity (Wildman–Crippen MR) is 115 cm³/mol. The number of anilines is 1. The van der Waals surface area contributed by atoms with Gasteiger partial charge in [0, 0.05) is 33.4 Å². The normalized spacial score (nSPS) is 12.5. The second-order valence-electron chi connectivity index (χ2n) is 6.38. The smallest absolute Gasteiger partial charge is 0.163 e. The summed E-state index contributed by atoms with van der Waals surface area (Å²) in [4.78, 5) is 0. The van der Waals surface area contributed by atoms with Gasteiger partial charge in [-0.05, 0) is 48.0 Å². The highest BCUT2D eigenvalue weighted by atomic mass is 79.9. The molecule has 0 fully saturated rings. The molecule has 0 amide bonds. The lowest BCUT2D eigenvalue weighted by Crippen LogP contribution is -2.15. The van der Waals surface area contributed by atoms with Crippen LogP contribution in [0.4, 0.5) is 5.69 Å². The van der Waals surface area contributed by atoms with Crippen LogP contribution >= 0.6 is 27.5 Å². The fraction of sp³-hybridized carbons (Fsp3) is 0.182. The van der Waals surface area contributed by atoms with Crippen molar-refractivity contribution in [1.82, 2.24) is 0 Å². The summed E-state index contributed by atoms with van der Waals surface area (Å²) in [6.45, 7) is 2.27. The average Bonchev–Trinajstić information content (AvgIpc) is 2.72. The minimum Gasteiger partial charge on any atom is -0.489 e. The van der Waals surface area contributed by atoms with Crippen LogP contribution in [0.1, 0.15) is 11.1 Å². The van der Waals surface area contributed by atoms with E-state index in [0.717, 1.165) is 43.6 Å². The van der Waals surface area contributed by atoms with Crippen molar-refractivity contribution in [2.45, 2.75) is 13.2 Å². The third kappa shape index (κ3) is 4.72. The number of ether oxygens (including phenoxy) is 3. The van der Waals surface area contributed by atoms with Crippen LogP contribution in [0.5, 0.6) is 17.2 Å². The van der Waals surface area contributed by atoms with E-state index in [2.05, 4.69) is 27.3 Å². The maximum absolute atomic E-state index is 6.05. The van der Waals surface area contributed by atoms with Crippen LogP contribution < -0.4 is 19.5 Å². The van der Waals surface area contributed by atoms with E-state index in [-0.39, 0.29) is 0 Å². The van der Waals surface area contributed by atoms with Gasteiger partial charge in [-0.3, -0.25) is 0 Å². The van der Waals surface area contributed by atoms with E-state index in [1.807, 2.05) is 54.6 Å². The molecular weight excluding hydrogens is 442 g/mol. The number of halogens is 2. The second kappa shape index (κ2) is 8.76. The molecule has 28 heavy (non-hydrogen) atoms. The van der Waals surface area contributed by atoms with E-state index >= 15 is 0 Å². The molecule has 0 aliphatic carbocycles. The zero-order chi connectivity index (χ0) is 19.3. The summed E-state index contributed by atoms with van der Waals surface area (Å²) in [6, 6.07) is 19.5. The topological polar surface area (TPSA) is 39.7 Å². The Labute approximate surface area is 177 Å². The lowest BCUT2D eigenvalue weighted by molar-refractivity contribution is 0.171. The molecule has 3 aromatic carbocycles. The standard InChI is InChI=1S/C22H19BrClNO3/c23-17-3-7-20(28-14-15-1-4-18(24)5-2-15)16(11-17)13-25-19-6-8-21-22(12-19)27-10-9-26-21/h1-8,11-12,25H,9-10,13-14H2. The van der Waals surface area contributed by atoms with Crippen LogP contribution in [-0.4, -0.2) is 13.2 Å². The number of fused-ring (bicyclic) bond motifs is 1. The quantitative estimate of drug-likeness (QED) is 0.485. The van der Waals surface area contributed by atoms with Crippen molar-refractivity contribution >= 4 is 33.2 Å². The largest absolute Gasteiger partial charge is 0.489 e. The van der Waals surface area contributed by atoms with Gasteiger partial charge in [-0.2, -0.15) is 0 Å². The first-order chi connectivity index (χ1) is 13.7. The predicted octanol–water partition coefficient (Wildman–Crippen LogP) is 6.06. The Balaban J connectivity index is 1.45. The van der Waals surface area contributed by atoms with Crippen LogP contribution in [0.2, 0.25) is 5.02 Å². The first-order valence-corrected chi connectivity index (χ1v) is 10.1. The zero-order valence-electron chi connectivity index (χ0n) is 15.1. The summed E-state index contributed by atoms with van der Waals surface area (Å²) < 4.78 is 18.3. The maximum Gasteiger partial charge on any atom is 0.163 e. The third-order valence-corrected chi connectivity index (χ3v) is 5.10. The first-order valence-electron chi connectivity index (χ1n) is 8.96. The van der Waals surface area contributed by atoms with Crippen LogP contribution in [0.15, 0.2) is 65.1 Å². The Morgan fingerprint density at radius 2 is 1.71 bits per heavy atom. The number of rotatable bonds is 6. The van der Waals surface area contributed by atoms with Gasteiger partial charge in [-0.1, -0.05) is 39.7 Å². The highest BCUT2D eigenvalue weighted by Gasteiger charge is 2.12. The number of benzene rings is 3. The number of hydrogen-bond acceptors (Lipinski definition) is 4. The molecule has 4 nitrogen and oxygen atoms in total. The SMILES string of the molecule is Clc1ccc(COc2ccc(Br)cc2CNc2ccc3c(c2)OCCO3)cc1. The molecule has 0 saturated carbocycles. The van der Waals surface area contributed by atoms with Gasteiger partial charge in [0.2, 0.25) is 0 Å². The van der Waals surface area contributed by atoms with Crippen LogP contribution in [0.3, 0.4) is 0 Å². The van der Waals surface area contributed by atoms with Gasteiger partial charge in [0.25, 0.3) is 0 Å². The van der Waals surface area contributed by atoms with Crippen LogP contribution in [-0.2, 0) is 13.2 Å². The van der Waals surface area contributed by atoms with Crippen molar-refractivity contribution in [2.75, 3.05) is 18.5 Å². The van der Waals surface area contributed by atoms with E-state index < -0.39 is 0 Å². The minimum atomic E-state index is 0.482. The molecule has 144 valence electrons. The molecule has 0 saturated heterocycles. The molecule has 1 heterocycles. The van der Waals surface area contributed by atoms with E-state index in [9.17, 15) is 0 Å². The number of nitrogens with one attached hydrogen (secondary N) is 1. The molecule has 1 aliphatic heterocycles. The lowest BCUT2D eigenvalue weighted by atomic mass is 10.2. The molecule has 0 atom stereocenters. The van der Waals surface area contributed by atoms with E-state index in [4.69, 9.17) is 25.8 Å². The van der Waals surface area contributed by atoms with Crippen LogP contribution in [0, 0.1) is 0 Å². The minimum absolute atomic E-state index is 0.482.